The van der Waals surface area contributed by atoms with Gasteiger partial charge >= 0.3 is 0 Å². The molecule has 1 atom stereocenters. The Hall–Kier alpha value is -0.320. The largest absolute Gasteiger partial charge is 0.379 e. The molecule has 2 aliphatic rings. The predicted octanol–water partition coefficient (Wildman–Crippen LogP) is 1.34. The first kappa shape index (κ1) is 15.7. The van der Waals surface area contributed by atoms with Crippen molar-refractivity contribution in [2.24, 2.45) is 11.3 Å². The van der Waals surface area contributed by atoms with Crippen LogP contribution < -0.4 is 10.6 Å². The van der Waals surface area contributed by atoms with Gasteiger partial charge in [-0.2, -0.15) is 0 Å². The van der Waals surface area contributed by atoms with Gasteiger partial charge in [0.05, 0.1) is 12.0 Å². The number of hydrogen-bond donors (Lipinski definition) is 2. The molecule has 0 aromatic heterocycles. The van der Waals surface area contributed by atoms with E-state index in [2.05, 4.69) is 10.6 Å². The fraction of sp³-hybridized carbons (Fsp3) is 0.923. The Labute approximate surface area is 116 Å². The molecule has 0 spiro atoms. The summed E-state index contributed by atoms with van der Waals surface area (Å²) < 4.78 is 5.50. The van der Waals surface area contributed by atoms with Crippen molar-refractivity contribution in [3.8, 4) is 0 Å². The summed E-state index contributed by atoms with van der Waals surface area (Å²) in [5.74, 6) is 0.963. The number of piperidine rings is 1. The molecule has 1 aliphatic heterocycles. The van der Waals surface area contributed by atoms with Gasteiger partial charge in [0.15, 0.2) is 0 Å². The summed E-state index contributed by atoms with van der Waals surface area (Å²) in [6.45, 7) is 6.02. The van der Waals surface area contributed by atoms with E-state index in [1.165, 1.54) is 12.8 Å². The normalized spacial score (nSPS) is 27.4. The van der Waals surface area contributed by atoms with Gasteiger partial charge in [0, 0.05) is 19.7 Å². The van der Waals surface area contributed by atoms with E-state index in [-0.39, 0.29) is 23.7 Å². The van der Waals surface area contributed by atoms with E-state index in [1.807, 2.05) is 6.92 Å². The molecule has 1 aliphatic carbocycles. The topological polar surface area (TPSA) is 50.4 Å². The number of ether oxygens (including phenoxy) is 1. The molecule has 18 heavy (non-hydrogen) atoms. The molecule has 1 heterocycles. The van der Waals surface area contributed by atoms with Crippen LogP contribution in [0.3, 0.4) is 0 Å². The first-order chi connectivity index (χ1) is 8.21. The van der Waals surface area contributed by atoms with Crippen LogP contribution in [0.2, 0.25) is 0 Å². The van der Waals surface area contributed by atoms with Gasteiger partial charge < -0.3 is 15.4 Å². The monoisotopic (exact) mass is 276 g/mol. The maximum Gasteiger partial charge on any atom is 0.227 e. The average molecular weight is 277 g/mol. The number of amides is 1. The molecule has 1 unspecified atom stereocenters. The number of nitrogens with one attached hydrogen (secondary N) is 2. The highest BCUT2D eigenvalue weighted by atomic mass is 35.5. The van der Waals surface area contributed by atoms with Crippen LogP contribution in [0.1, 0.15) is 32.6 Å². The Morgan fingerprint density at radius 1 is 1.50 bits per heavy atom. The number of halogens is 1. The lowest BCUT2D eigenvalue weighted by Gasteiger charge is -2.32. The quantitative estimate of drug-likeness (QED) is 0.720. The summed E-state index contributed by atoms with van der Waals surface area (Å²) >= 11 is 0. The van der Waals surface area contributed by atoms with Gasteiger partial charge in [0.1, 0.15) is 0 Å². The van der Waals surface area contributed by atoms with Gasteiger partial charge in [-0.15, -0.1) is 12.4 Å². The van der Waals surface area contributed by atoms with E-state index in [0.717, 1.165) is 38.5 Å². The maximum atomic E-state index is 12.0. The molecule has 1 saturated carbocycles. The summed E-state index contributed by atoms with van der Waals surface area (Å²) in [6, 6.07) is 0. The van der Waals surface area contributed by atoms with Crippen LogP contribution in [-0.2, 0) is 9.53 Å². The highest BCUT2D eigenvalue weighted by Crippen LogP contribution is 2.28. The van der Waals surface area contributed by atoms with Gasteiger partial charge in [-0.3, -0.25) is 4.79 Å². The van der Waals surface area contributed by atoms with E-state index in [4.69, 9.17) is 4.74 Å². The Morgan fingerprint density at radius 3 is 2.89 bits per heavy atom. The van der Waals surface area contributed by atoms with E-state index in [9.17, 15) is 4.79 Å². The van der Waals surface area contributed by atoms with Gasteiger partial charge in [0.2, 0.25) is 5.91 Å². The summed E-state index contributed by atoms with van der Waals surface area (Å²) in [5, 5.41) is 6.27. The van der Waals surface area contributed by atoms with Crippen LogP contribution in [0.4, 0.5) is 0 Å². The van der Waals surface area contributed by atoms with Crippen LogP contribution in [0.25, 0.3) is 0 Å². The zero-order valence-corrected chi connectivity index (χ0v) is 12.0. The van der Waals surface area contributed by atoms with Crippen molar-refractivity contribution in [2.45, 2.75) is 32.6 Å². The van der Waals surface area contributed by atoms with Crippen molar-refractivity contribution in [1.82, 2.24) is 10.6 Å². The minimum atomic E-state index is -0.227. The lowest BCUT2D eigenvalue weighted by Crippen LogP contribution is -2.49. The van der Waals surface area contributed by atoms with Crippen LogP contribution in [0, 0.1) is 11.3 Å². The first-order valence-electron chi connectivity index (χ1n) is 6.77. The number of hydrogen-bond acceptors (Lipinski definition) is 3. The molecular weight excluding hydrogens is 252 g/mol. The highest BCUT2D eigenvalue weighted by molar-refractivity contribution is 5.85. The molecular formula is C13H25ClN2O2. The standard InChI is InChI=1S/C13H24N2O2.ClH/c1-13(5-2-6-14-10-13)12(16)15-7-8-17-9-11-3-4-11;/h11,14H,2-10H2,1H3,(H,15,16);1H. The van der Waals surface area contributed by atoms with E-state index in [0.29, 0.717) is 13.2 Å². The third kappa shape index (κ3) is 4.75. The summed E-state index contributed by atoms with van der Waals surface area (Å²) in [4.78, 5) is 12.0. The minimum Gasteiger partial charge on any atom is -0.379 e. The molecule has 2 rings (SSSR count). The SMILES string of the molecule is CC1(C(=O)NCCOCC2CC2)CCCNC1.Cl. The number of carbonyl (C=O) groups is 1. The van der Waals surface area contributed by atoms with Crippen LogP contribution in [0.15, 0.2) is 0 Å². The van der Waals surface area contributed by atoms with Crippen molar-refractivity contribution < 1.29 is 9.53 Å². The number of rotatable bonds is 6. The van der Waals surface area contributed by atoms with Crippen molar-refractivity contribution in [3.05, 3.63) is 0 Å². The molecule has 5 heteroatoms. The molecule has 2 fully saturated rings. The minimum absolute atomic E-state index is 0. The molecule has 1 saturated heterocycles. The van der Waals surface area contributed by atoms with Gasteiger partial charge in [-0.05, 0) is 45.1 Å². The van der Waals surface area contributed by atoms with E-state index >= 15 is 0 Å². The van der Waals surface area contributed by atoms with Crippen LogP contribution in [-0.4, -0.2) is 38.8 Å². The smallest absolute Gasteiger partial charge is 0.227 e. The maximum absolute atomic E-state index is 12.0. The summed E-state index contributed by atoms with van der Waals surface area (Å²) in [7, 11) is 0. The van der Waals surface area contributed by atoms with Gasteiger partial charge in [-0.1, -0.05) is 0 Å². The lowest BCUT2D eigenvalue weighted by molar-refractivity contribution is -0.131. The molecule has 0 radical (unpaired) electrons. The summed E-state index contributed by atoms with van der Waals surface area (Å²) in [6.07, 6.45) is 4.70. The van der Waals surface area contributed by atoms with E-state index in [1.54, 1.807) is 0 Å². The molecule has 1 amide bonds. The van der Waals surface area contributed by atoms with Gasteiger partial charge in [0.25, 0.3) is 0 Å². The van der Waals surface area contributed by atoms with Crippen LogP contribution >= 0.6 is 12.4 Å². The van der Waals surface area contributed by atoms with Crippen molar-refractivity contribution in [3.63, 3.8) is 0 Å². The average Bonchev–Trinajstić information content (AvgIpc) is 3.13. The molecule has 0 aromatic carbocycles. The van der Waals surface area contributed by atoms with Crippen molar-refractivity contribution in [2.75, 3.05) is 32.8 Å². The Balaban J connectivity index is 0.00000162. The third-order valence-corrected chi connectivity index (χ3v) is 3.73. The lowest BCUT2D eigenvalue weighted by atomic mass is 9.82. The van der Waals surface area contributed by atoms with Crippen molar-refractivity contribution in [1.29, 1.82) is 0 Å². The fourth-order valence-corrected chi connectivity index (χ4v) is 2.23. The third-order valence-electron chi connectivity index (χ3n) is 3.73. The number of carbonyl (C=O) groups excluding carboxylic acids is 1. The van der Waals surface area contributed by atoms with E-state index < -0.39 is 0 Å². The second-order valence-electron chi connectivity index (χ2n) is 5.62. The molecule has 0 bridgehead atoms. The second-order valence-corrected chi connectivity index (χ2v) is 5.62. The highest BCUT2D eigenvalue weighted by Gasteiger charge is 2.34. The second kappa shape index (κ2) is 7.31. The molecule has 106 valence electrons. The Morgan fingerprint density at radius 2 is 2.28 bits per heavy atom. The molecule has 4 nitrogen and oxygen atoms in total. The predicted molar refractivity (Wildman–Crippen MR) is 74.0 cm³/mol. The Bertz CT molecular complexity index is 264. The van der Waals surface area contributed by atoms with Crippen LogP contribution in [0.5, 0.6) is 0 Å². The van der Waals surface area contributed by atoms with Gasteiger partial charge in [-0.25, -0.2) is 0 Å². The Kier molecular flexibility index (Phi) is 6.39. The zero-order valence-electron chi connectivity index (χ0n) is 11.2. The molecule has 2 N–H and O–H groups in total. The first-order valence-corrected chi connectivity index (χ1v) is 6.77. The summed E-state index contributed by atoms with van der Waals surface area (Å²) in [5.41, 5.74) is -0.227. The zero-order chi connectivity index (χ0) is 12.1. The molecule has 0 aromatic rings. The fourth-order valence-electron chi connectivity index (χ4n) is 2.23. The van der Waals surface area contributed by atoms with Crippen molar-refractivity contribution >= 4 is 18.3 Å².